The Morgan fingerprint density at radius 2 is 1.60 bits per heavy atom. The van der Waals surface area contributed by atoms with Gasteiger partial charge in [0, 0.05) is 0 Å². The van der Waals surface area contributed by atoms with Crippen molar-refractivity contribution in [2.75, 3.05) is 5.90 Å². The molecule has 0 radical (unpaired) electrons. The normalized spacial score (nSPS) is 13.2. The number of rotatable bonds is 2. The van der Waals surface area contributed by atoms with Crippen LogP contribution >= 0.6 is 34.4 Å². The fraction of sp³-hybridized carbons (Fsp3) is 1.00. The van der Waals surface area contributed by atoms with Gasteiger partial charge < -0.3 is 0 Å². The summed E-state index contributed by atoms with van der Waals surface area (Å²) in [6.07, 6.45) is 0. The molecular weight excluding hydrogens is 136 g/mol. The fourth-order valence-electron chi connectivity index (χ4n) is 0.0589. The predicted molar refractivity (Wildman–Crippen MR) is 40.9 cm³/mol. The predicted octanol–water partition coefficient (Wildman–Crippen LogP) is 1.88. The maximum Gasteiger partial charge on any atom is -0.0107 e. The Bertz CT molecular complexity index is 11.1. The molecule has 0 saturated heterocycles. The van der Waals surface area contributed by atoms with Crippen LogP contribution in [0.4, 0.5) is 0 Å². The van der Waals surface area contributed by atoms with Gasteiger partial charge in [-0.3, -0.25) is 0 Å². The van der Waals surface area contributed by atoms with E-state index in [1.54, 1.807) is 0 Å². The van der Waals surface area contributed by atoms with E-state index >= 15 is 0 Å². The monoisotopic (exact) mass is 144 g/mol. The van der Waals surface area contributed by atoms with E-state index in [0.717, 1.165) is 16.5 Å². The van der Waals surface area contributed by atoms with Crippen LogP contribution in [-0.4, -0.2) is 5.90 Å². The summed E-state index contributed by atoms with van der Waals surface area (Å²) in [7, 11) is 7.57. The van der Waals surface area contributed by atoms with Crippen molar-refractivity contribution >= 4 is 34.4 Å². The lowest BCUT2D eigenvalue weighted by atomic mass is 11.9. The van der Waals surface area contributed by atoms with Gasteiger partial charge in [-0.15, -0.1) is 17.9 Å². The van der Waals surface area contributed by atoms with Gasteiger partial charge >= 0.3 is 0 Å². The molecule has 0 saturated carbocycles. The first-order valence-corrected chi connectivity index (χ1v) is 7.32. The van der Waals surface area contributed by atoms with Gasteiger partial charge in [-0.05, 0) is 5.90 Å². The van der Waals surface area contributed by atoms with E-state index in [-0.39, 0.29) is 0 Å². The molecule has 0 nitrogen and oxygen atoms in total. The molecule has 0 rings (SSSR count). The zero-order chi connectivity index (χ0) is 4.12. The van der Waals surface area contributed by atoms with E-state index in [9.17, 15) is 0 Å². The first kappa shape index (κ1) is 6.72. The highest BCUT2D eigenvalue weighted by Crippen LogP contribution is 2.33. The molecule has 0 aliphatic heterocycles. The van der Waals surface area contributed by atoms with Gasteiger partial charge in [0.2, 0.25) is 0 Å². The standard InChI is InChI=1S/CH8P4/c2-4-1-5-3/h4-5H,1-3H2. The third-order valence-corrected chi connectivity index (χ3v) is 5.51. The molecule has 0 N–H and O–H groups in total. The van der Waals surface area contributed by atoms with E-state index in [0.29, 0.717) is 0 Å². The summed E-state index contributed by atoms with van der Waals surface area (Å²) in [6.45, 7) is 0. The van der Waals surface area contributed by atoms with Crippen LogP contribution in [0.3, 0.4) is 0 Å². The molecule has 0 aromatic rings. The van der Waals surface area contributed by atoms with Crippen molar-refractivity contribution in [2.45, 2.75) is 0 Å². The van der Waals surface area contributed by atoms with Gasteiger partial charge in [-0.1, -0.05) is 16.5 Å². The van der Waals surface area contributed by atoms with Gasteiger partial charge in [0.1, 0.15) is 0 Å². The van der Waals surface area contributed by atoms with Crippen LogP contribution in [0.5, 0.6) is 0 Å². The van der Waals surface area contributed by atoms with Crippen LogP contribution in [0.1, 0.15) is 0 Å². The maximum absolute atomic E-state index is 2.72. The van der Waals surface area contributed by atoms with Crippen LogP contribution in [0.2, 0.25) is 0 Å². The van der Waals surface area contributed by atoms with E-state index in [2.05, 4.69) is 17.9 Å². The molecule has 0 aliphatic rings. The molecule has 0 aromatic carbocycles. The summed E-state index contributed by atoms with van der Waals surface area (Å²) in [5.41, 5.74) is 0. The van der Waals surface area contributed by atoms with Crippen LogP contribution in [0.15, 0.2) is 0 Å². The molecule has 0 fully saturated rings. The average Bonchev–Trinajstić information content (AvgIpc) is 1.41. The van der Waals surface area contributed by atoms with E-state index in [1.165, 1.54) is 5.90 Å². The Morgan fingerprint density at radius 1 is 1.20 bits per heavy atom. The molecule has 0 aromatic heterocycles. The molecule has 4 unspecified atom stereocenters. The lowest BCUT2D eigenvalue weighted by Crippen LogP contribution is -1.34. The first-order valence-electron chi connectivity index (χ1n) is 1.28. The second-order valence-corrected chi connectivity index (χ2v) is 5.27. The van der Waals surface area contributed by atoms with E-state index in [4.69, 9.17) is 0 Å². The van der Waals surface area contributed by atoms with Gasteiger partial charge in [0.25, 0.3) is 0 Å². The summed E-state index contributed by atoms with van der Waals surface area (Å²) in [6, 6.07) is 0. The van der Waals surface area contributed by atoms with E-state index in [1.807, 2.05) is 0 Å². The number of hydrogen-bond donors (Lipinski definition) is 0. The van der Waals surface area contributed by atoms with Crippen molar-refractivity contribution in [3.8, 4) is 0 Å². The molecule has 0 aliphatic carbocycles. The van der Waals surface area contributed by atoms with Crippen molar-refractivity contribution in [1.29, 1.82) is 0 Å². The molecule has 4 atom stereocenters. The molecule has 4 heteroatoms. The van der Waals surface area contributed by atoms with Gasteiger partial charge in [-0.25, -0.2) is 0 Å². The zero-order valence-corrected chi connectivity index (χ0v) is 7.17. The smallest absolute Gasteiger partial charge is 0.0107 e. The first-order chi connectivity index (χ1) is 2.41. The summed E-state index contributed by atoms with van der Waals surface area (Å²) >= 11 is 0. The summed E-state index contributed by atoms with van der Waals surface area (Å²) < 4.78 is 0. The maximum atomic E-state index is 2.72. The Balaban J connectivity index is 2.19. The van der Waals surface area contributed by atoms with Crippen LogP contribution in [-0.2, 0) is 0 Å². The minimum absolute atomic E-state index is 1.07. The second-order valence-electron chi connectivity index (χ2n) is 0.585. The molecule has 0 spiro atoms. The van der Waals surface area contributed by atoms with Crippen molar-refractivity contribution in [1.82, 2.24) is 0 Å². The highest BCUT2D eigenvalue weighted by atomic mass is 32.0. The minimum atomic E-state index is 1.07. The largest absolute Gasteiger partial charge is 0.114 e. The molecule has 0 heterocycles. The quantitative estimate of drug-likeness (QED) is 0.519. The van der Waals surface area contributed by atoms with Crippen molar-refractivity contribution in [3.05, 3.63) is 0 Å². The SMILES string of the molecule is PPCPP. The third kappa shape index (κ3) is 5.72. The average molecular weight is 144 g/mol. The third-order valence-electron chi connectivity index (χ3n) is 0.204. The van der Waals surface area contributed by atoms with Crippen LogP contribution in [0.25, 0.3) is 0 Å². The van der Waals surface area contributed by atoms with Crippen molar-refractivity contribution in [3.63, 3.8) is 0 Å². The summed E-state index contributed by atoms with van der Waals surface area (Å²) in [4.78, 5) is 0. The van der Waals surface area contributed by atoms with E-state index < -0.39 is 0 Å². The van der Waals surface area contributed by atoms with Gasteiger partial charge in [0.15, 0.2) is 0 Å². The van der Waals surface area contributed by atoms with Crippen molar-refractivity contribution < 1.29 is 0 Å². The summed E-state index contributed by atoms with van der Waals surface area (Å²) in [5, 5.41) is 0. The van der Waals surface area contributed by atoms with Crippen LogP contribution in [0, 0.1) is 0 Å². The molecule has 5 heavy (non-hydrogen) atoms. The Labute approximate surface area is 41.0 Å². The van der Waals surface area contributed by atoms with Gasteiger partial charge in [0.05, 0.1) is 0 Å². The molecule has 0 bridgehead atoms. The second kappa shape index (κ2) is 5.72. The highest BCUT2D eigenvalue weighted by molar-refractivity contribution is 8.13. The summed E-state index contributed by atoms with van der Waals surface area (Å²) in [5.74, 6) is 1.37. The van der Waals surface area contributed by atoms with Gasteiger partial charge in [-0.2, -0.15) is 0 Å². The number of hydrogen-bond acceptors (Lipinski definition) is 0. The topological polar surface area (TPSA) is 0 Å². The molecule has 0 amide bonds. The minimum Gasteiger partial charge on any atom is -0.114 e. The lowest BCUT2D eigenvalue weighted by Gasteiger charge is -1.80. The Hall–Kier alpha value is 1.72. The zero-order valence-electron chi connectivity index (χ0n) is 2.86. The van der Waals surface area contributed by atoms with Crippen LogP contribution < -0.4 is 0 Å². The Morgan fingerprint density at radius 3 is 1.60 bits per heavy atom. The fourth-order valence-corrected chi connectivity index (χ4v) is 4.77. The molecular formula is CH8P4. The molecule has 32 valence electrons. The lowest BCUT2D eigenvalue weighted by molar-refractivity contribution is 2.30. The van der Waals surface area contributed by atoms with Crippen molar-refractivity contribution in [2.24, 2.45) is 0 Å². The Kier molecular flexibility index (Phi) is 7.69. The highest BCUT2D eigenvalue weighted by Gasteiger charge is 1.66.